The number of nitrogens with zero attached hydrogens (tertiary/aromatic N) is 8. The number of aromatic nitrogens is 4. The Morgan fingerprint density at radius 2 is 1.66 bits per heavy atom. The van der Waals surface area contributed by atoms with E-state index >= 15 is 4.39 Å². The number of anilines is 1. The van der Waals surface area contributed by atoms with Gasteiger partial charge >= 0.3 is 5.97 Å². The number of carbonyl (C=O) groups is 3. The van der Waals surface area contributed by atoms with E-state index in [1.54, 1.807) is 42.7 Å². The summed E-state index contributed by atoms with van der Waals surface area (Å²) in [5.74, 6) is 0.755. The SMILES string of the molecule is CC[C@@]1(O)C(=O)OCc2c1cc1n(c2=O)Cc2c-1nc1cc(F)c(C)c3c1c2C(NC(=O)CN1CCN(CCCCCCC2CCN(c4ccc(C(=O)N[C@H]5CC[C@H](Oc6ccc(C#N)c(Cl)c6C)CC5)nn4)CC2)CC1)CC3. The minimum absolute atomic E-state index is 0.0179. The molecule has 79 heavy (non-hydrogen) atoms. The van der Waals surface area contributed by atoms with Crippen LogP contribution in [0.25, 0.3) is 22.3 Å². The number of aryl methyl sites for hydroxylation is 1. The van der Waals surface area contributed by atoms with Gasteiger partial charge in [-0.15, -0.1) is 10.2 Å². The molecule has 1 unspecified atom stereocenters. The van der Waals surface area contributed by atoms with E-state index in [1.165, 1.54) is 31.7 Å². The fourth-order valence-electron chi connectivity index (χ4n) is 13.1. The third kappa shape index (κ3) is 10.8. The minimum Gasteiger partial charge on any atom is -0.490 e. The first kappa shape index (κ1) is 54.4. The van der Waals surface area contributed by atoms with Crippen LogP contribution in [0.5, 0.6) is 5.75 Å². The van der Waals surface area contributed by atoms with Gasteiger partial charge in [0.15, 0.2) is 17.1 Å². The molecule has 2 atom stereocenters. The number of cyclic esters (lactones) is 1. The highest BCUT2D eigenvalue weighted by Crippen LogP contribution is 2.46. The van der Waals surface area contributed by atoms with Crippen molar-refractivity contribution in [2.75, 3.05) is 57.3 Å². The quantitative estimate of drug-likeness (QED) is 0.0623. The molecule has 2 amide bonds. The van der Waals surface area contributed by atoms with Gasteiger partial charge in [0.1, 0.15) is 24.2 Å². The molecule has 4 aliphatic heterocycles. The van der Waals surface area contributed by atoms with Gasteiger partial charge in [0.2, 0.25) is 5.91 Å². The van der Waals surface area contributed by atoms with Crippen LogP contribution in [0.2, 0.25) is 5.02 Å². The van der Waals surface area contributed by atoms with Crippen LogP contribution in [0.4, 0.5) is 10.2 Å². The Kier molecular flexibility index (Phi) is 15.8. The number of piperidine rings is 1. The molecule has 6 aliphatic rings. The van der Waals surface area contributed by atoms with Gasteiger partial charge in [-0.1, -0.05) is 44.2 Å². The van der Waals surface area contributed by atoms with Crippen LogP contribution in [0, 0.1) is 36.9 Å². The molecule has 19 heteroatoms. The zero-order valence-electron chi connectivity index (χ0n) is 45.5. The van der Waals surface area contributed by atoms with Gasteiger partial charge in [-0.25, -0.2) is 14.2 Å². The third-order valence-corrected chi connectivity index (χ3v) is 18.5. The molecule has 0 bridgehead atoms. The summed E-state index contributed by atoms with van der Waals surface area (Å²) in [5, 5.41) is 37.2. The number of aliphatic hydroxyl groups is 1. The molecule has 2 aromatic carbocycles. The number of amides is 2. The van der Waals surface area contributed by atoms with E-state index in [2.05, 4.69) is 41.6 Å². The number of nitriles is 1. The second kappa shape index (κ2) is 22.9. The number of halogens is 2. The Labute approximate surface area is 464 Å². The predicted octanol–water partition coefficient (Wildman–Crippen LogP) is 7.86. The van der Waals surface area contributed by atoms with Gasteiger partial charge in [-0.2, -0.15) is 5.26 Å². The maximum Gasteiger partial charge on any atom is 0.343 e. The predicted molar refractivity (Wildman–Crippen MR) is 296 cm³/mol. The van der Waals surface area contributed by atoms with Crippen LogP contribution in [0.15, 0.2) is 41.2 Å². The molecule has 2 aliphatic carbocycles. The lowest BCUT2D eigenvalue weighted by Gasteiger charge is -2.35. The molecule has 17 nitrogen and oxygen atoms in total. The Morgan fingerprint density at radius 1 is 0.899 bits per heavy atom. The minimum atomic E-state index is -1.97. The van der Waals surface area contributed by atoms with Gasteiger partial charge < -0.3 is 39.6 Å². The van der Waals surface area contributed by atoms with Crippen LogP contribution in [0.1, 0.15) is 151 Å². The number of benzene rings is 2. The molecule has 7 heterocycles. The van der Waals surface area contributed by atoms with Crippen LogP contribution in [0.3, 0.4) is 0 Å². The Hall–Kier alpha value is -6.52. The summed E-state index contributed by atoms with van der Waals surface area (Å²) in [6.45, 7) is 11.9. The first-order valence-corrected chi connectivity index (χ1v) is 28.9. The van der Waals surface area contributed by atoms with Crippen molar-refractivity contribution in [3.63, 3.8) is 0 Å². The molecule has 5 aromatic rings. The number of nitrogens with one attached hydrogen (secondary N) is 2. The molecule has 3 N–H and O–H groups in total. The lowest BCUT2D eigenvalue weighted by atomic mass is 9.81. The average Bonchev–Trinajstić information content (AvgIpc) is 3.51. The number of fused-ring (bicyclic) bond motifs is 5. The number of esters is 1. The summed E-state index contributed by atoms with van der Waals surface area (Å²) in [6.07, 6.45) is 12.6. The van der Waals surface area contributed by atoms with E-state index in [9.17, 15) is 29.5 Å². The Bertz CT molecular complexity index is 3290. The van der Waals surface area contributed by atoms with Gasteiger partial charge in [0.25, 0.3) is 11.5 Å². The number of hydrogen-bond donors (Lipinski definition) is 3. The van der Waals surface area contributed by atoms with Crippen molar-refractivity contribution in [2.24, 2.45) is 5.92 Å². The lowest BCUT2D eigenvalue weighted by molar-refractivity contribution is -0.172. The number of pyridine rings is 2. The maximum atomic E-state index is 15.4. The monoisotopic (exact) mass is 1100 g/mol. The Balaban J connectivity index is 0.587. The van der Waals surface area contributed by atoms with E-state index in [1.807, 2.05) is 13.0 Å². The number of ether oxygens (including phenoxy) is 2. The van der Waals surface area contributed by atoms with Crippen molar-refractivity contribution in [1.29, 1.82) is 5.26 Å². The van der Waals surface area contributed by atoms with Crippen molar-refractivity contribution in [1.82, 2.24) is 40.2 Å². The smallest absolute Gasteiger partial charge is 0.343 e. The Morgan fingerprint density at radius 3 is 2.39 bits per heavy atom. The highest BCUT2D eigenvalue weighted by molar-refractivity contribution is 6.32. The van der Waals surface area contributed by atoms with Crippen molar-refractivity contribution in [3.05, 3.63) is 108 Å². The molecule has 3 fully saturated rings. The molecule has 3 aromatic heterocycles. The van der Waals surface area contributed by atoms with E-state index in [0.29, 0.717) is 63.3 Å². The fraction of sp³-hybridized carbons (Fsp3) is 0.533. The number of unbranched alkanes of at least 4 members (excludes halogenated alkanes) is 3. The number of rotatable bonds is 16. The zero-order chi connectivity index (χ0) is 55.1. The van der Waals surface area contributed by atoms with E-state index in [4.69, 9.17) is 26.1 Å². The summed E-state index contributed by atoms with van der Waals surface area (Å²) >= 11 is 6.34. The van der Waals surface area contributed by atoms with Crippen LogP contribution in [-0.4, -0.2) is 117 Å². The maximum absolute atomic E-state index is 15.4. The number of piperazine rings is 1. The summed E-state index contributed by atoms with van der Waals surface area (Å²) < 4.78 is 28.5. The number of hydrogen-bond acceptors (Lipinski definition) is 14. The molecule has 11 rings (SSSR count). The molecule has 0 spiro atoms. The summed E-state index contributed by atoms with van der Waals surface area (Å²) in [5.41, 5.74) is 4.09. The molecule has 2 saturated heterocycles. The number of carbonyl (C=O) groups excluding carboxylic acids is 3. The second-order valence-corrected chi connectivity index (χ2v) is 23.1. The summed E-state index contributed by atoms with van der Waals surface area (Å²) in [4.78, 5) is 65.8. The highest BCUT2D eigenvalue weighted by Gasteiger charge is 2.46. The zero-order valence-corrected chi connectivity index (χ0v) is 46.2. The van der Waals surface area contributed by atoms with Crippen molar-refractivity contribution >= 4 is 46.1 Å². The van der Waals surface area contributed by atoms with Crippen molar-refractivity contribution < 1.29 is 33.4 Å². The standard InChI is InChI=1S/C60H70ClFN10O7/c1-4-60(77)44-29-49-56-42(32-72(49)58(75)43(44)34-78-59(60)76)54-46(16-15-41-35(2)45(62)30-48(66-56)53(41)54)65-52(73)33-70-27-25-69(26-28-70)22-8-6-5-7-9-37-20-23-71(24-21-37)51-19-17-47(67-68-51)57(74)64-39-11-13-40(14-12-39)79-50-18-10-38(31-63)55(61)36(50)3/h10,17-19,29-30,37,39-40,46,77H,4-9,11-16,20-28,32-34H2,1-3H3,(H,64,74)(H,65,73)/t39-,40-,46?,60-/m0/s1. The highest BCUT2D eigenvalue weighted by atomic mass is 35.5. The van der Waals surface area contributed by atoms with Gasteiger partial charge in [0, 0.05) is 73.5 Å². The summed E-state index contributed by atoms with van der Waals surface area (Å²) in [6, 6.07) is 12.0. The average molecular weight is 1100 g/mol. The van der Waals surface area contributed by atoms with Crippen LogP contribution in [-0.2, 0) is 39.5 Å². The largest absolute Gasteiger partial charge is 0.490 e. The summed E-state index contributed by atoms with van der Waals surface area (Å²) in [7, 11) is 0. The van der Waals surface area contributed by atoms with Crippen LogP contribution < -0.4 is 25.8 Å². The molecular formula is C60H70ClFN10O7. The van der Waals surface area contributed by atoms with Gasteiger partial charge in [0.05, 0.1) is 58.3 Å². The topological polar surface area (TPSA) is 208 Å². The van der Waals surface area contributed by atoms with Crippen molar-refractivity contribution in [3.8, 4) is 23.2 Å². The van der Waals surface area contributed by atoms with Gasteiger partial charge in [-0.05, 0) is 138 Å². The van der Waals surface area contributed by atoms with Crippen LogP contribution >= 0.6 is 11.6 Å². The molecular weight excluding hydrogens is 1030 g/mol. The normalized spacial score (nSPS) is 22.2. The second-order valence-electron chi connectivity index (χ2n) is 22.7. The van der Waals surface area contributed by atoms with E-state index in [-0.39, 0.29) is 78.6 Å². The fourth-order valence-corrected chi connectivity index (χ4v) is 13.3. The van der Waals surface area contributed by atoms with E-state index in [0.717, 1.165) is 124 Å². The first-order chi connectivity index (χ1) is 38.2. The lowest BCUT2D eigenvalue weighted by Crippen LogP contribution is -2.50. The van der Waals surface area contributed by atoms with Gasteiger partial charge in [-0.3, -0.25) is 19.3 Å². The third-order valence-electron chi connectivity index (χ3n) is 18.0. The molecule has 0 radical (unpaired) electrons. The van der Waals surface area contributed by atoms with Crippen molar-refractivity contribution in [2.45, 2.75) is 148 Å². The molecule has 1 saturated carbocycles. The first-order valence-electron chi connectivity index (χ1n) is 28.5. The van der Waals surface area contributed by atoms with E-state index < -0.39 is 11.6 Å². The molecule has 416 valence electrons.